The van der Waals surface area contributed by atoms with Gasteiger partial charge in [-0.25, -0.2) is 0 Å². The maximum Gasteiger partial charge on any atom is 0.127 e. The zero-order valence-corrected chi connectivity index (χ0v) is 12.1. The standard InChI is InChI=1S/C16H23NO3/c1-2-17-15-11-20-16-9-12(6-7-14(15)16)19-10-13-5-3-4-8-18-13/h6-7,9,13,15,17H,2-5,8,10-11H2,1H3. The van der Waals surface area contributed by atoms with E-state index in [1.54, 1.807) is 0 Å². The molecule has 1 N–H and O–H groups in total. The first-order valence-corrected chi connectivity index (χ1v) is 7.61. The van der Waals surface area contributed by atoms with Gasteiger partial charge in [0.25, 0.3) is 0 Å². The Bertz CT molecular complexity index is 443. The number of likely N-dealkylation sites (N-methyl/N-ethyl adjacent to an activating group) is 1. The molecule has 3 rings (SSSR count). The maximum atomic E-state index is 5.84. The van der Waals surface area contributed by atoms with Crippen LogP contribution in [0.25, 0.3) is 0 Å². The molecule has 0 saturated carbocycles. The molecule has 4 nitrogen and oxygen atoms in total. The van der Waals surface area contributed by atoms with Crippen LogP contribution >= 0.6 is 0 Å². The van der Waals surface area contributed by atoms with Gasteiger partial charge in [-0.3, -0.25) is 0 Å². The molecule has 0 bridgehead atoms. The minimum Gasteiger partial charge on any atom is -0.491 e. The van der Waals surface area contributed by atoms with E-state index in [9.17, 15) is 0 Å². The Balaban J connectivity index is 1.58. The third-order valence-electron chi connectivity index (χ3n) is 3.93. The lowest BCUT2D eigenvalue weighted by atomic mass is 10.1. The average molecular weight is 277 g/mol. The molecule has 2 aliphatic rings. The summed E-state index contributed by atoms with van der Waals surface area (Å²) in [6.45, 7) is 5.27. The minimum absolute atomic E-state index is 0.243. The first-order valence-electron chi connectivity index (χ1n) is 7.61. The average Bonchev–Trinajstić information content (AvgIpc) is 2.89. The Kier molecular flexibility index (Phi) is 4.43. The molecular formula is C16H23NO3. The summed E-state index contributed by atoms with van der Waals surface area (Å²) in [6, 6.07) is 6.44. The largest absolute Gasteiger partial charge is 0.491 e. The predicted molar refractivity (Wildman–Crippen MR) is 77.4 cm³/mol. The van der Waals surface area contributed by atoms with Gasteiger partial charge in [-0.2, -0.15) is 0 Å². The SMILES string of the molecule is CCNC1COc2cc(OCC3CCCCO3)ccc21. The maximum absolute atomic E-state index is 5.84. The van der Waals surface area contributed by atoms with Crippen molar-refractivity contribution in [2.24, 2.45) is 0 Å². The molecule has 1 aromatic carbocycles. The van der Waals surface area contributed by atoms with Gasteiger partial charge in [-0.1, -0.05) is 6.92 Å². The number of ether oxygens (including phenoxy) is 3. The van der Waals surface area contributed by atoms with E-state index in [1.165, 1.54) is 18.4 Å². The fraction of sp³-hybridized carbons (Fsp3) is 0.625. The van der Waals surface area contributed by atoms with E-state index in [-0.39, 0.29) is 6.10 Å². The first kappa shape index (κ1) is 13.7. The summed E-state index contributed by atoms with van der Waals surface area (Å²) >= 11 is 0. The van der Waals surface area contributed by atoms with Crippen molar-refractivity contribution in [1.82, 2.24) is 5.32 Å². The topological polar surface area (TPSA) is 39.7 Å². The van der Waals surface area contributed by atoms with Crippen molar-refractivity contribution in [3.63, 3.8) is 0 Å². The molecule has 2 aliphatic heterocycles. The third kappa shape index (κ3) is 3.07. The Hall–Kier alpha value is -1.26. The van der Waals surface area contributed by atoms with Crippen molar-refractivity contribution < 1.29 is 14.2 Å². The molecule has 1 aromatic rings. The second kappa shape index (κ2) is 6.46. The highest BCUT2D eigenvalue weighted by molar-refractivity contribution is 5.45. The van der Waals surface area contributed by atoms with E-state index in [0.717, 1.165) is 31.1 Å². The Morgan fingerprint density at radius 3 is 3.10 bits per heavy atom. The normalized spacial score (nSPS) is 25.1. The number of rotatable bonds is 5. The van der Waals surface area contributed by atoms with Crippen LogP contribution in [0.3, 0.4) is 0 Å². The number of nitrogens with one attached hydrogen (secondary N) is 1. The van der Waals surface area contributed by atoms with Crippen LogP contribution < -0.4 is 14.8 Å². The van der Waals surface area contributed by atoms with Gasteiger partial charge in [0, 0.05) is 18.2 Å². The molecule has 110 valence electrons. The molecule has 1 saturated heterocycles. The van der Waals surface area contributed by atoms with Gasteiger partial charge < -0.3 is 19.5 Å². The Labute approximate surface area is 120 Å². The van der Waals surface area contributed by atoms with E-state index in [1.807, 2.05) is 12.1 Å². The molecule has 0 aliphatic carbocycles. The van der Waals surface area contributed by atoms with Crippen molar-refractivity contribution >= 4 is 0 Å². The lowest BCUT2D eigenvalue weighted by Gasteiger charge is -2.22. The first-order chi connectivity index (χ1) is 9.86. The second-order valence-electron chi connectivity index (χ2n) is 5.42. The number of hydrogen-bond donors (Lipinski definition) is 1. The summed E-state index contributed by atoms with van der Waals surface area (Å²) < 4.78 is 17.2. The van der Waals surface area contributed by atoms with Crippen LogP contribution in [0.15, 0.2) is 18.2 Å². The molecule has 0 aromatic heterocycles. The van der Waals surface area contributed by atoms with Crippen LogP contribution in [-0.2, 0) is 4.74 Å². The highest BCUT2D eigenvalue weighted by Gasteiger charge is 2.23. The lowest BCUT2D eigenvalue weighted by molar-refractivity contribution is -0.0111. The van der Waals surface area contributed by atoms with Gasteiger partial charge in [0.1, 0.15) is 24.7 Å². The number of fused-ring (bicyclic) bond motifs is 1. The van der Waals surface area contributed by atoms with E-state index in [4.69, 9.17) is 14.2 Å². The van der Waals surface area contributed by atoms with Crippen LogP contribution in [0.1, 0.15) is 37.8 Å². The summed E-state index contributed by atoms with van der Waals surface area (Å²) in [5.41, 5.74) is 1.23. The van der Waals surface area contributed by atoms with Gasteiger partial charge in [0.15, 0.2) is 0 Å². The van der Waals surface area contributed by atoms with Crippen LogP contribution in [0.4, 0.5) is 0 Å². The fourth-order valence-electron chi connectivity index (χ4n) is 2.82. The molecule has 2 heterocycles. The van der Waals surface area contributed by atoms with Crippen LogP contribution in [-0.4, -0.2) is 32.5 Å². The fourth-order valence-corrected chi connectivity index (χ4v) is 2.82. The van der Waals surface area contributed by atoms with Crippen LogP contribution in [0.5, 0.6) is 11.5 Å². The predicted octanol–water partition coefficient (Wildman–Crippen LogP) is 2.68. The number of hydrogen-bond acceptors (Lipinski definition) is 4. The summed E-state index contributed by atoms with van der Waals surface area (Å²) in [6.07, 6.45) is 3.76. The third-order valence-corrected chi connectivity index (χ3v) is 3.93. The van der Waals surface area contributed by atoms with Gasteiger partial charge in [0.2, 0.25) is 0 Å². The second-order valence-corrected chi connectivity index (χ2v) is 5.42. The highest BCUT2D eigenvalue weighted by atomic mass is 16.5. The Morgan fingerprint density at radius 2 is 2.30 bits per heavy atom. The monoisotopic (exact) mass is 277 g/mol. The smallest absolute Gasteiger partial charge is 0.127 e. The van der Waals surface area contributed by atoms with Gasteiger partial charge >= 0.3 is 0 Å². The van der Waals surface area contributed by atoms with Crippen molar-refractivity contribution in [2.75, 3.05) is 26.4 Å². The molecule has 2 unspecified atom stereocenters. The van der Waals surface area contributed by atoms with Crippen molar-refractivity contribution in [2.45, 2.75) is 38.3 Å². The molecule has 4 heteroatoms. The molecule has 1 fully saturated rings. The summed E-state index contributed by atoms with van der Waals surface area (Å²) in [5.74, 6) is 1.81. The zero-order chi connectivity index (χ0) is 13.8. The molecule has 0 radical (unpaired) electrons. The molecule has 2 atom stereocenters. The van der Waals surface area contributed by atoms with E-state index < -0.39 is 0 Å². The summed E-state index contributed by atoms with van der Waals surface area (Å²) in [4.78, 5) is 0. The summed E-state index contributed by atoms with van der Waals surface area (Å²) in [5, 5.41) is 3.42. The van der Waals surface area contributed by atoms with Crippen LogP contribution in [0, 0.1) is 0 Å². The van der Waals surface area contributed by atoms with E-state index in [2.05, 4.69) is 18.3 Å². The highest BCUT2D eigenvalue weighted by Crippen LogP contribution is 2.35. The van der Waals surface area contributed by atoms with E-state index in [0.29, 0.717) is 19.3 Å². The van der Waals surface area contributed by atoms with Crippen molar-refractivity contribution in [3.8, 4) is 11.5 Å². The molecule has 0 spiro atoms. The van der Waals surface area contributed by atoms with Crippen LogP contribution in [0.2, 0.25) is 0 Å². The summed E-state index contributed by atoms with van der Waals surface area (Å²) in [7, 11) is 0. The van der Waals surface area contributed by atoms with Gasteiger partial charge in [-0.05, 0) is 37.9 Å². The van der Waals surface area contributed by atoms with Crippen molar-refractivity contribution in [3.05, 3.63) is 23.8 Å². The minimum atomic E-state index is 0.243. The Morgan fingerprint density at radius 1 is 1.35 bits per heavy atom. The number of benzene rings is 1. The quantitative estimate of drug-likeness (QED) is 0.898. The van der Waals surface area contributed by atoms with Crippen molar-refractivity contribution in [1.29, 1.82) is 0 Å². The van der Waals surface area contributed by atoms with Gasteiger partial charge in [0.05, 0.1) is 12.1 Å². The molecular weight excluding hydrogens is 254 g/mol. The molecule has 20 heavy (non-hydrogen) atoms. The zero-order valence-electron chi connectivity index (χ0n) is 12.1. The van der Waals surface area contributed by atoms with E-state index >= 15 is 0 Å². The lowest BCUT2D eigenvalue weighted by Crippen LogP contribution is -2.25. The molecule has 0 amide bonds. The van der Waals surface area contributed by atoms with Gasteiger partial charge in [-0.15, -0.1) is 0 Å².